The van der Waals surface area contributed by atoms with Crippen molar-refractivity contribution in [1.29, 1.82) is 0 Å². The third-order valence-corrected chi connectivity index (χ3v) is 7.54. The van der Waals surface area contributed by atoms with E-state index in [2.05, 4.69) is 81.7 Å². The maximum atomic E-state index is 4.77. The van der Waals surface area contributed by atoms with Gasteiger partial charge >= 0.3 is 0 Å². The Kier molecular flexibility index (Phi) is 3.81. The molecule has 3 heterocycles. The first-order valence-electron chi connectivity index (χ1n) is 11.0. The molecular weight excluding hydrogens is 424 g/mol. The fourth-order valence-electron chi connectivity index (χ4n) is 4.86. The van der Waals surface area contributed by atoms with Gasteiger partial charge < -0.3 is 9.97 Å². The van der Waals surface area contributed by atoms with E-state index in [9.17, 15) is 0 Å². The molecule has 0 fully saturated rings. The highest BCUT2D eigenvalue weighted by Gasteiger charge is 2.13. The molecule has 0 aliphatic heterocycles. The third-order valence-electron chi connectivity index (χ3n) is 6.41. The summed E-state index contributed by atoms with van der Waals surface area (Å²) in [6, 6.07) is 24.3. The minimum Gasteiger partial charge on any atom is -0.342 e. The van der Waals surface area contributed by atoms with E-state index < -0.39 is 0 Å². The zero-order chi connectivity index (χ0) is 22.1. The summed E-state index contributed by atoms with van der Waals surface area (Å²) in [7, 11) is 0. The molecule has 3 aromatic heterocycles. The molecule has 0 atom stereocenters. The number of hydrogen-bond acceptors (Lipinski definition) is 3. The van der Waals surface area contributed by atoms with Gasteiger partial charge in [0.1, 0.15) is 11.6 Å². The number of hydrogen-bond donors (Lipinski definition) is 2. The third kappa shape index (κ3) is 2.82. The maximum Gasteiger partial charge on any atom is 0.104 e. The van der Waals surface area contributed by atoms with Gasteiger partial charge in [-0.05, 0) is 59.3 Å². The molecule has 7 aromatic rings. The lowest BCUT2D eigenvalue weighted by atomic mass is 9.95. The Morgan fingerprint density at radius 1 is 0.727 bits per heavy atom. The molecular formula is C28H20N4S. The van der Waals surface area contributed by atoms with E-state index >= 15 is 0 Å². The molecule has 5 heteroatoms. The van der Waals surface area contributed by atoms with Crippen molar-refractivity contribution in [2.45, 2.75) is 13.8 Å². The normalized spacial score (nSPS) is 11.9. The number of benzene rings is 4. The second kappa shape index (κ2) is 6.77. The number of rotatable bonds is 2. The fourth-order valence-corrected chi connectivity index (χ4v) is 5.93. The molecule has 4 aromatic carbocycles. The first-order chi connectivity index (χ1) is 16.1. The van der Waals surface area contributed by atoms with Crippen LogP contribution in [0.5, 0.6) is 0 Å². The smallest absolute Gasteiger partial charge is 0.104 e. The highest BCUT2D eigenvalue weighted by atomic mass is 32.1. The summed E-state index contributed by atoms with van der Waals surface area (Å²) < 4.78 is 1.28. The van der Waals surface area contributed by atoms with Crippen LogP contribution in [0.1, 0.15) is 11.6 Å². The van der Waals surface area contributed by atoms with E-state index in [0.717, 1.165) is 28.4 Å². The standard InChI is InChI=1S/C28H20N4S/c1-15-29-14-24(30-15)26-13-19-8-7-18(12-25(19)33-26)17-9-10-22-23(11-17)20-5-3-4-6-21(20)27-28(22)32-16(2)31-27/h3-14H,1-2H3,(H,29,30)(H,31,32). The molecule has 0 radical (unpaired) electrons. The zero-order valence-corrected chi connectivity index (χ0v) is 19.0. The number of aromatic amines is 2. The van der Waals surface area contributed by atoms with Crippen LogP contribution in [0.25, 0.3) is 64.4 Å². The van der Waals surface area contributed by atoms with Gasteiger partial charge in [0.2, 0.25) is 0 Å². The van der Waals surface area contributed by atoms with E-state index in [1.54, 1.807) is 11.3 Å². The Hall–Kier alpha value is -3.96. The Balaban J connectivity index is 1.43. The molecule has 4 nitrogen and oxygen atoms in total. The number of thiophene rings is 1. The van der Waals surface area contributed by atoms with Crippen LogP contribution in [0.2, 0.25) is 0 Å². The minimum atomic E-state index is 0.938. The summed E-state index contributed by atoms with van der Waals surface area (Å²) in [6.45, 7) is 4.00. The van der Waals surface area contributed by atoms with Crippen LogP contribution in [0.3, 0.4) is 0 Å². The van der Waals surface area contributed by atoms with Crippen molar-refractivity contribution in [1.82, 2.24) is 19.9 Å². The molecule has 0 saturated carbocycles. The molecule has 0 aliphatic carbocycles. The Labute approximate surface area is 194 Å². The SMILES string of the molecule is Cc1ncc(-c2cc3ccc(-c4ccc5c(c4)c4ccccc4c4nc(C)[nH]c54)cc3s2)[nH]1. The van der Waals surface area contributed by atoms with Gasteiger partial charge in [0.25, 0.3) is 0 Å². The van der Waals surface area contributed by atoms with Crippen LogP contribution in [-0.2, 0) is 0 Å². The summed E-state index contributed by atoms with van der Waals surface area (Å²) in [5.41, 5.74) is 5.68. The highest BCUT2D eigenvalue weighted by Crippen LogP contribution is 2.38. The lowest BCUT2D eigenvalue weighted by Crippen LogP contribution is -1.84. The lowest BCUT2D eigenvalue weighted by molar-refractivity contribution is 1.15. The first kappa shape index (κ1) is 18.6. The summed E-state index contributed by atoms with van der Waals surface area (Å²) in [4.78, 5) is 17.2. The van der Waals surface area contributed by atoms with Crippen molar-refractivity contribution in [2.75, 3.05) is 0 Å². The van der Waals surface area contributed by atoms with Gasteiger partial charge in [-0.25, -0.2) is 9.97 Å². The number of fused-ring (bicyclic) bond motifs is 7. The molecule has 0 unspecified atom stereocenters. The van der Waals surface area contributed by atoms with E-state index in [4.69, 9.17) is 4.98 Å². The van der Waals surface area contributed by atoms with E-state index in [1.807, 2.05) is 20.0 Å². The monoisotopic (exact) mass is 444 g/mol. The first-order valence-corrected chi connectivity index (χ1v) is 11.8. The van der Waals surface area contributed by atoms with Crippen molar-refractivity contribution >= 4 is 54.0 Å². The molecule has 33 heavy (non-hydrogen) atoms. The quantitative estimate of drug-likeness (QED) is 0.268. The number of aromatic nitrogens is 4. The Morgan fingerprint density at radius 3 is 2.39 bits per heavy atom. The van der Waals surface area contributed by atoms with Crippen molar-refractivity contribution in [3.8, 4) is 21.7 Å². The molecule has 0 amide bonds. The predicted molar refractivity (Wildman–Crippen MR) is 139 cm³/mol. The van der Waals surface area contributed by atoms with Crippen molar-refractivity contribution in [2.24, 2.45) is 0 Å². The average molecular weight is 445 g/mol. The van der Waals surface area contributed by atoms with Crippen LogP contribution in [0.4, 0.5) is 0 Å². The van der Waals surface area contributed by atoms with Crippen LogP contribution < -0.4 is 0 Å². The number of nitrogens with zero attached hydrogens (tertiary/aromatic N) is 2. The molecule has 7 rings (SSSR count). The molecule has 158 valence electrons. The van der Waals surface area contributed by atoms with Gasteiger partial charge in [-0.2, -0.15) is 0 Å². The van der Waals surface area contributed by atoms with Crippen LogP contribution in [-0.4, -0.2) is 19.9 Å². The van der Waals surface area contributed by atoms with Gasteiger partial charge in [-0.3, -0.25) is 0 Å². The van der Waals surface area contributed by atoms with Crippen molar-refractivity contribution in [3.63, 3.8) is 0 Å². The average Bonchev–Trinajstić information content (AvgIpc) is 3.56. The Morgan fingerprint density at radius 2 is 1.55 bits per heavy atom. The highest BCUT2D eigenvalue weighted by molar-refractivity contribution is 7.22. The predicted octanol–water partition coefficient (Wildman–Crippen LogP) is 7.76. The molecule has 0 spiro atoms. The second-order valence-corrected chi connectivity index (χ2v) is 9.68. The number of aryl methyl sites for hydroxylation is 2. The van der Waals surface area contributed by atoms with Gasteiger partial charge in [0.05, 0.1) is 27.8 Å². The maximum absolute atomic E-state index is 4.77. The summed E-state index contributed by atoms with van der Waals surface area (Å²) in [5.74, 6) is 1.88. The molecule has 2 N–H and O–H groups in total. The van der Waals surface area contributed by atoms with Crippen molar-refractivity contribution < 1.29 is 0 Å². The van der Waals surface area contributed by atoms with Gasteiger partial charge in [-0.15, -0.1) is 11.3 Å². The van der Waals surface area contributed by atoms with E-state index in [0.29, 0.717) is 0 Å². The number of imidazole rings is 2. The summed E-state index contributed by atoms with van der Waals surface area (Å²) in [5, 5.41) is 6.14. The van der Waals surface area contributed by atoms with E-state index in [1.165, 1.54) is 47.6 Å². The summed E-state index contributed by atoms with van der Waals surface area (Å²) >= 11 is 1.80. The second-order valence-electron chi connectivity index (χ2n) is 8.60. The van der Waals surface area contributed by atoms with Gasteiger partial charge in [-0.1, -0.05) is 48.5 Å². The number of H-pyrrole nitrogens is 2. The van der Waals surface area contributed by atoms with Crippen LogP contribution >= 0.6 is 11.3 Å². The molecule has 0 bridgehead atoms. The number of nitrogens with one attached hydrogen (secondary N) is 2. The van der Waals surface area contributed by atoms with Crippen molar-refractivity contribution in [3.05, 3.63) is 84.6 Å². The van der Waals surface area contributed by atoms with Gasteiger partial charge in [0.15, 0.2) is 0 Å². The Bertz CT molecular complexity index is 1850. The summed E-state index contributed by atoms with van der Waals surface area (Å²) in [6.07, 6.45) is 1.91. The minimum absolute atomic E-state index is 0.938. The molecule has 0 aliphatic rings. The zero-order valence-electron chi connectivity index (χ0n) is 18.2. The largest absolute Gasteiger partial charge is 0.342 e. The van der Waals surface area contributed by atoms with Gasteiger partial charge in [0, 0.05) is 15.5 Å². The topological polar surface area (TPSA) is 57.4 Å². The lowest BCUT2D eigenvalue weighted by Gasteiger charge is -2.09. The van der Waals surface area contributed by atoms with Crippen LogP contribution in [0, 0.1) is 13.8 Å². The fraction of sp³-hybridized carbons (Fsp3) is 0.0714. The van der Waals surface area contributed by atoms with E-state index in [-0.39, 0.29) is 0 Å². The van der Waals surface area contributed by atoms with Crippen LogP contribution in [0.15, 0.2) is 72.9 Å². The molecule has 0 saturated heterocycles.